The minimum absolute atomic E-state index is 0.167. The van der Waals surface area contributed by atoms with Crippen LogP contribution in [0.2, 0.25) is 0 Å². The van der Waals surface area contributed by atoms with Crippen molar-refractivity contribution in [3.05, 3.63) is 34.7 Å². The summed E-state index contributed by atoms with van der Waals surface area (Å²) in [7, 11) is 1.54. The molecule has 2 rings (SSSR count). The number of hydrogen-bond donors (Lipinski definition) is 2. The first-order valence-corrected chi connectivity index (χ1v) is 5.64. The lowest BCUT2D eigenvalue weighted by atomic mass is 10.1. The van der Waals surface area contributed by atoms with Crippen LogP contribution < -0.4 is 16.2 Å². The van der Waals surface area contributed by atoms with Gasteiger partial charge < -0.3 is 16.2 Å². The number of anilines is 2. The van der Waals surface area contributed by atoms with Gasteiger partial charge in [-0.1, -0.05) is 23.5 Å². The Kier molecular flexibility index (Phi) is 2.97. The van der Waals surface area contributed by atoms with Gasteiger partial charge in [-0.15, -0.1) is 0 Å². The van der Waals surface area contributed by atoms with E-state index in [9.17, 15) is 4.79 Å². The van der Waals surface area contributed by atoms with Gasteiger partial charge in [0.15, 0.2) is 5.13 Å². The largest absolute Gasteiger partial charge is 0.497 e. The molecule has 0 amide bonds. The van der Waals surface area contributed by atoms with Crippen LogP contribution in [0.15, 0.2) is 24.3 Å². The minimum atomic E-state index is -0.199. The van der Waals surface area contributed by atoms with Crippen molar-refractivity contribution in [3.63, 3.8) is 0 Å². The summed E-state index contributed by atoms with van der Waals surface area (Å²) >= 11 is 1.08. The molecule has 0 spiro atoms. The number of nitrogens with zero attached hydrogens (tertiary/aromatic N) is 1. The second kappa shape index (κ2) is 4.42. The first-order chi connectivity index (χ1) is 8.11. The van der Waals surface area contributed by atoms with E-state index < -0.39 is 0 Å². The number of hydrogen-bond acceptors (Lipinski definition) is 6. The van der Waals surface area contributed by atoms with E-state index >= 15 is 0 Å². The number of aromatic nitrogens is 1. The molecule has 1 aromatic heterocycles. The van der Waals surface area contributed by atoms with Gasteiger partial charge in [-0.05, 0) is 12.1 Å². The molecule has 4 N–H and O–H groups in total. The fourth-order valence-corrected chi connectivity index (χ4v) is 2.12. The molecule has 0 radical (unpaired) electrons. The number of benzene rings is 1. The van der Waals surface area contributed by atoms with E-state index in [1.165, 1.54) is 0 Å². The monoisotopic (exact) mass is 249 g/mol. The molecule has 88 valence electrons. The van der Waals surface area contributed by atoms with Crippen molar-refractivity contribution in [2.75, 3.05) is 18.6 Å². The Morgan fingerprint density at radius 1 is 1.41 bits per heavy atom. The Hall–Kier alpha value is -2.08. The van der Waals surface area contributed by atoms with Crippen LogP contribution in [-0.2, 0) is 0 Å². The summed E-state index contributed by atoms with van der Waals surface area (Å²) in [6.45, 7) is 0. The van der Waals surface area contributed by atoms with E-state index in [1.54, 1.807) is 31.4 Å². The molecule has 17 heavy (non-hydrogen) atoms. The molecule has 2 aromatic rings. The fourth-order valence-electron chi connectivity index (χ4n) is 1.41. The van der Waals surface area contributed by atoms with Gasteiger partial charge in [0, 0.05) is 5.56 Å². The molecule has 1 aromatic carbocycles. The summed E-state index contributed by atoms with van der Waals surface area (Å²) in [6.07, 6.45) is 0. The molecule has 0 atom stereocenters. The first-order valence-electron chi connectivity index (χ1n) is 4.82. The topological polar surface area (TPSA) is 91.2 Å². The van der Waals surface area contributed by atoms with Crippen LogP contribution in [0.1, 0.15) is 15.2 Å². The van der Waals surface area contributed by atoms with Gasteiger partial charge in [-0.25, -0.2) is 4.98 Å². The van der Waals surface area contributed by atoms with E-state index in [4.69, 9.17) is 16.2 Å². The van der Waals surface area contributed by atoms with E-state index in [0.29, 0.717) is 16.2 Å². The number of nitrogen functional groups attached to an aromatic ring is 2. The second-order valence-electron chi connectivity index (χ2n) is 3.33. The number of carbonyl (C=O) groups excluding carboxylic acids is 1. The van der Waals surface area contributed by atoms with Crippen LogP contribution in [0.25, 0.3) is 0 Å². The third kappa shape index (κ3) is 2.21. The predicted octanol–water partition coefficient (Wildman–Crippen LogP) is 1.55. The average molecular weight is 249 g/mol. The Labute approximate surface area is 102 Å². The van der Waals surface area contributed by atoms with Crippen LogP contribution in [0, 0.1) is 0 Å². The summed E-state index contributed by atoms with van der Waals surface area (Å²) in [5.41, 5.74) is 11.6. The molecule has 0 aliphatic rings. The molecular formula is C11H11N3O2S. The molecule has 0 fully saturated rings. The summed E-state index contributed by atoms with van der Waals surface area (Å²) in [4.78, 5) is 16.3. The maximum Gasteiger partial charge on any atom is 0.206 e. The van der Waals surface area contributed by atoms with Crippen LogP contribution in [0.4, 0.5) is 10.9 Å². The molecule has 6 heteroatoms. The van der Waals surface area contributed by atoms with Crippen molar-refractivity contribution in [2.24, 2.45) is 0 Å². The number of ketones is 1. The zero-order valence-electron chi connectivity index (χ0n) is 9.14. The van der Waals surface area contributed by atoms with Crippen molar-refractivity contribution in [1.29, 1.82) is 0 Å². The van der Waals surface area contributed by atoms with Crippen molar-refractivity contribution in [1.82, 2.24) is 4.98 Å². The predicted molar refractivity (Wildman–Crippen MR) is 67.4 cm³/mol. The maximum absolute atomic E-state index is 12.1. The molecule has 0 unspecified atom stereocenters. The van der Waals surface area contributed by atoms with Crippen molar-refractivity contribution in [3.8, 4) is 5.75 Å². The highest BCUT2D eigenvalue weighted by molar-refractivity contribution is 7.18. The van der Waals surface area contributed by atoms with E-state index in [0.717, 1.165) is 11.3 Å². The lowest BCUT2D eigenvalue weighted by molar-refractivity contribution is 0.104. The molecule has 1 heterocycles. The molecule has 0 saturated heterocycles. The van der Waals surface area contributed by atoms with Gasteiger partial charge in [-0.3, -0.25) is 4.79 Å². The molecule has 0 saturated carbocycles. The first kappa shape index (κ1) is 11.4. The van der Waals surface area contributed by atoms with Crippen molar-refractivity contribution >= 4 is 28.1 Å². The third-order valence-electron chi connectivity index (χ3n) is 2.21. The van der Waals surface area contributed by atoms with Gasteiger partial charge in [0.2, 0.25) is 5.78 Å². The second-order valence-corrected chi connectivity index (χ2v) is 4.36. The Morgan fingerprint density at radius 3 is 2.76 bits per heavy atom. The van der Waals surface area contributed by atoms with E-state index in [2.05, 4.69) is 4.98 Å². The van der Waals surface area contributed by atoms with Gasteiger partial charge >= 0.3 is 0 Å². The SMILES string of the molecule is COc1cccc(C(=O)c2sc(N)nc2N)c1. The summed E-state index contributed by atoms with van der Waals surface area (Å²) < 4.78 is 5.06. The third-order valence-corrected chi connectivity index (χ3v) is 3.11. The molecule has 5 nitrogen and oxygen atoms in total. The summed E-state index contributed by atoms with van der Waals surface area (Å²) in [5, 5.41) is 0.286. The Morgan fingerprint density at radius 2 is 2.18 bits per heavy atom. The fraction of sp³-hybridized carbons (Fsp3) is 0.0909. The summed E-state index contributed by atoms with van der Waals surface area (Å²) in [6, 6.07) is 6.85. The highest BCUT2D eigenvalue weighted by Crippen LogP contribution is 2.26. The van der Waals surface area contributed by atoms with Crippen LogP contribution in [0.5, 0.6) is 5.75 Å². The minimum Gasteiger partial charge on any atom is -0.497 e. The highest BCUT2D eigenvalue weighted by atomic mass is 32.1. The number of methoxy groups -OCH3 is 1. The molecule has 0 aliphatic carbocycles. The summed E-state index contributed by atoms with van der Waals surface area (Å²) in [5.74, 6) is 0.586. The van der Waals surface area contributed by atoms with Crippen LogP contribution in [0.3, 0.4) is 0 Å². The molecular weight excluding hydrogens is 238 g/mol. The number of rotatable bonds is 3. The lowest BCUT2D eigenvalue weighted by Gasteiger charge is -2.02. The van der Waals surface area contributed by atoms with Crippen LogP contribution >= 0.6 is 11.3 Å². The van der Waals surface area contributed by atoms with Gasteiger partial charge in [0.1, 0.15) is 16.4 Å². The normalized spacial score (nSPS) is 10.2. The van der Waals surface area contributed by atoms with Gasteiger partial charge in [0.25, 0.3) is 0 Å². The Bertz CT molecular complexity index is 566. The standard InChI is InChI=1S/C11H11N3O2S/c1-16-7-4-2-3-6(5-7)8(15)9-10(12)14-11(13)17-9/h2-5H,12H2,1H3,(H2,13,14). The Balaban J connectivity index is 2.40. The van der Waals surface area contributed by atoms with Crippen molar-refractivity contribution in [2.45, 2.75) is 0 Å². The molecule has 0 aliphatic heterocycles. The van der Waals surface area contributed by atoms with Gasteiger partial charge in [-0.2, -0.15) is 0 Å². The molecule has 0 bridgehead atoms. The number of nitrogens with two attached hydrogens (primary N) is 2. The quantitative estimate of drug-likeness (QED) is 0.805. The number of ether oxygens (including phenoxy) is 1. The van der Waals surface area contributed by atoms with Crippen molar-refractivity contribution < 1.29 is 9.53 Å². The smallest absolute Gasteiger partial charge is 0.206 e. The number of thiazole rings is 1. The highest BCUT2D eigenvalue weighted by Gasteiger charge is 2.17. The maximum atomic E-state index is 12.1. The number of carbonyl (C=O) groups is 1. The lowest BCUT2D eigenvalue weighted by Crippen LogP contribution is -2.02. The van der Waals surface area contributed by atoms with E-state index in [1.807, 2.05) is 0 Å². The average Bonchev–Trinajstić information content (AvgIpc) is 2.67. The van der Waals surface area contributed by atoms with Gasteiger partial charge in [0.05, 0.1) is 7.11 Å². The van der Waals surface area contributed by atoms with E-state index in [-0.39, 0.29) is 16.7 Å². The van der Waals surface area contributed by atoms with Crippen LogP contribution in [-0.4, -0.2) is 17.9 Å². The zero-order chi connectivity index (χ0) is 12.4. The zero-order valence-corrected chi connectivity index (χ0v) is 9.95.